The number of likely N-dealkylation sites (N-methyl/N-ethyl adjacent to an activating group) is 1. The quantitative estimate of drug-likeness (QED) is 0.606. The van der Waals surface area contributed by atoms with E-state index in [1.54, 1.807) is 43.4 Å². The van der Waals surface area contributed by atoms with Gasteiger partial charge in [-0.25, -0.2) is 9.59 Å². The van der Waals surface area contributed by atoms with Crippen molar-refractivity contribution in [1.29, 1.82) is 0 Å². The molecule has 144 valence electrons. The average molecular weight is 375 g/mol. The van der Waals surface area contributed by atoms with Crippen molar-refractivity contribution >= 4 is 17.9 Å². The zero-order chi connectivity index (χ0) is 19.6. The Balaban J connectivity index is 1.71. The van der Waals surface area contributed by atoms with Crippen LogP contribution in [-0.2, 0) is 22.7 Å². The number of rotatable bonds is 9. The van der Waals surface area contributed by atoms with Gasteiger partial charge >= 0.3 is 12.0 Å². The maximum absolute atomic E-state index is 12.1. The lowest BCUT2D eigenvalue weighted by Gasteiger charge is -2.18. The van der Waals surface area contributed by atoms with Gasteiger partial charge in [0, 0.05) is 13.6 Å². The second-order valence-electron chi connectivity index (χ2n) is 5.69. The van der Waals surface area contributed by atoms with E-state index in [9.17, 15) is 14.4 Å². The molecule has 0 atom stereocenters. The van der Waals surface area contributed by atoms with Gasteiger partial charge in [0.25, 0.3) is 0 Å². The van der Waals surface area contributed by atoms with Crippen molar-refractivity contribution in [2.24, 2.45) is 0 Å². The minimum atomic E-state index is -1.05. The molecule has 0 unspecified atom stereocenters. The standard InChI is InChI=1S/C18H21N3O6/c1-21(11-13-4-6-14(7-5-13)27-12-17(23)24)16(22)10-20-18(25)19-9-15-3-2-8-26-15/h2-8H,9-12H2,1H3,(H,23,24)(H2,19,20,25). The fourth-order valence-electron chi connectivity index (χ4n) is 2.13. The fourth-order valence-corrected chi connectivity index (χ4v) is 2.13. The van der Waals surface area contributed by atoms with Gasteiger partial charge < -0.3 is 29.8 Å². The molecule has 0 saturated heterocycles. The van der Waals surface area contributed by atoms with Crippen molar-refractivity contribution in [2.75, 3.05) is 20.2 Å². The molecule has 3 N–H and O–H groups in total. The number of furan rings is 1. The summed E-state index contributed by atoms with van der Waals surface area (Å²) in [4.78, 5) is 35.7. The molecule has 9 heteroatoms. The van der Waals surface area contributed by atoms with Crippen LogP contribution in [0.2, 0.25) is 0 Å². The number of amides is 3. The first-order valence-corrected chi connectivity index (χ1v) is 8.15. The van der Waals surface area contributed by atoms with Crippen LogP contribution in [0.4, 0.5) is 4.79 Å². The van der Waals surface area contributed by atoms with E-state index in [4.69, 9.17) is 14.3 Å². The third kappa shape index (κ3) is 7.10. The molecular weight excluding hydrogens is 354 g/mol. The molecule has 0 aliphatic rings. The number of urea groups is 1. The van der Waals surface area contributed by atoms with Gasteiger partial charge in [-0.1, -0.05) is 12.1 Å². The number of carboxylic acids is 1. The van der Waals surface area contributed by atoms with Gasteiger partial charge in [-0.2, -0.15) is 0 Å². The first kappa shape index (κ1) is 19.8. The number of carbonyl (C=O) groups excluding carboxylic acids is 2. The monoisotopic (exact) mass is 375 g/mol. The lowest BCUT2D eigenvalue weighted by Crippen LogP contribution is -2.42. The Hall–Kier alpha value is -3.49. The van der Waals surface area contributed by atoms with E-state index in [0.717, 1.165) is 5.56 Å². The lowest BCUT2D eigenvalue weighted by atomic mass is 10.2. The molecule has 9 nitrogen and oxygen atoms in total. The largest absolute Gasteiger partial charge is 0.482 e. The second-order valence-corrected chi connectivity index (χ2v) is 5.69. The average Bonchev–Trinajstić information content (AvgIpc) is 3.17. The molecule has 0 spiro atoms. The molecule has 0 aliphatic carbocycles. The second kappa shape index (κ2) is 9.85. The summed E-state index contributed by atoms with van der Waals surface area (Å²) in [5.74, 6) is -0.256. The molecule has 0 radical (unpaired) electrons. The highest BCUT2D eigenvalue weighted by Crippen LogP contribution is 2.13. The van der Waals surface area contributed by atoms with Crippen molar-refractivity contribution in [1.82, 2.24) is 15.5 Å². The van der Waals surface area contributed by atoms with Gasteiger partial charge in [0.05, 0.1) is 19.4 Å². The number of carboxylic acid groups (broad SMARTS) is 1. The Kier molecular flexibility index (Phi) is 7.24. The Bertz CT molecular complexity index is 758. The highest BCUT2D eigenvalue weighted by Gasteiger charge is 2.11. The van der Waals surface area contributed by atoms with Crippen molar-refractivity contribution in [3.63, 3.8) is 0 Å². The number of nitrogens with one attached hydrogen (secondary N) is 2. The van der Waals surface area contributed by atoms with Crippen LogP contribution in [0.1, 0.15) is 11.3 Å². The first-order valence-electron chi connectivity index (χ1n) is 8.15. The smallest absolute Gasteiger partial charge is 0.341 e. The van der Waals surface area contributed by atoms with Gasteiger partial charge in [-0.3, -0.25) is 4.79 Å². The van der Waals surface area contributed by atoms with Crippen LogP contribution in [0.25, 0.3) is 0 Å². The van der Waals surface area contributed by atoms with E-state index >= 15 is 0 Å². The van der Waals surface area contributed by atoms with Crippen molar-refractivity contribution < 1.29 is 28.6 Å². The van der Waals surface area contributed by atoms with Crippen molar-refractivity contribution in [3.05, 3.63) is 54.0 Å². The Labute approximate surface area is 155 Å². The molecule has 1 aromatic carbocycles. The minimum Gasteiger partial charge on any atom is -0.482 e. The molecule has 0 aliphatic heterocycles. The van der Waals surface area contributed by atoms with Crippen molar-refractivity contribution in [3.8, 4) is 5.75 Å². The summed E-state index contributed by atoms with van der Waals surface area (Å²) < 4.78 is 10.1. The van der Waals surface area contributed by atoms with E-state index in [-0.39, 0.29) is 19.0 Å². The van der Waals surface area contributed by atoms with Crippen LogP contribution in [0.15, 0.2) is 47.1 Å². The topological polar surface area (TPSA) is 121 Å². The maximum Gasteiger partial charge on any atom is 0.341 e. The number of ether oxygens (including phenoxy) is 1. The molecular formula is C18H21N3O6. The van der Waals surface area contributed by atoms with Crippen LogP contribution in [0.3, 0.4) is 0 Å². The number of benzene rings is 1. The Morgan fingerprint density at radius 1 is 1.15 bits per heavy atom. The fraction of sp³-hybridized carbons (Fsp3) is 0.278. The van der Waals surface area contributed by atoms with Crippen LogP contribution in [-0.4, -0.2) is 48.1 Å². The summed E-state index contributed by atoms with van der Waals surface area (Å²) in [6.45, 7) is 0.0264. The zero-order valence-electron chi connectivity index (χ0n) is 14.8. The normalized spacial score (nSPS) is 10.1. The third-order valence-corrected chi connectivity index (χ3v) is 3.53. The highest BCUT2D eigenvalue weighted by atomic mass is 16.5. The molecule has 1 aromatic heterocycles. The van der Waals surface area contributed by atoms with Gasteiger partial charge in [0.1, 0.15) is 11.5 Å². The van der Waals surface area contributed by atoms with E-state index in [2.05, 4.69) is 10.6 Å². The Morgan fingerprint density at radius 2 is 1.89 bits per heavy atom. The van der Waals surface area contributed by atoms with Crippen LogP contribution >= 0.6 is 0 Å². The van der Waals surface area contributed by atoms with Crippen LogP contribution in [0, 0.1) is 0 Å². The number of nitrogens with zero attached hydrogens (tertiary/aromatic N) is 1. The van der Waals surface area contributed by atoms with E-state index in [1.807, 2.05) is 0 Å². The molecule has 2 aromatic rings. The predicted octanol–water partition coefficient (Wildman–Crippen LogP) is 1.20. The zero-order valence-corrected chi connectivity index (χ0v) is 14.8. The number of carbonyl (C=O) groups is 3. The summed E-state index contributed by atoms with van der Waals surface area (Å²) >= 11 is 0. The molecule has 0 saturated carbocycles. The van der Waals surface area contributed by atoms with E-state index in [1.165, 1.54) is 11.2 Å². The molecule has 1 heterocycles. The maximum atomic E-state index is 12.1. The minimum absolute atomic E-state index is 0.139. The van der Waals surface area contributed by atoms with E-state index in [0.29, 0.717) is 18.1 Å². The summed E-state index contributed by atoms with van der Waals surface area (Å²) in [6.07, 6.45) is 1.51. The molecule has 3 amide bonds. The van der Waals surface area contributed by atoms with Crippen LogP contribution in [0.5, 0.6) is 5.75 Å². The predicted molar refractivity (Wildman–Crippen MR) is 95.0 cm³/mol. The summed E-state index contributed by atoms with van der Waals surface area (Å²) in [7, 11) is 1.62. The number of hydrogen-bond donors (Lipinski definition) is 3. The third-order valence-electron chi connectivity index (χ3n) is 3.53. The molecule has 0 fully saturated rings. The molecule has 2 rings (SSSR count). The van der Waals surface area contributed by atoms with Gasteiger partial charge in [-0.05, 0) is 29.8 Å². The SMILES string of the molecule is CN(Cc1ccc(OCC(=O)O)cc1)C(=O)CNC(=O)NCc1ccco1. The van der Waals surface area contributed by atoms with Gasteiger partial charge in [-0.15, -0.1) is 0 Å². The van der Waals surface area contributed by atoms with Crippen molar-refractivity contribution in [2.45, 2.75) is 13.1 Å². The van der Waals surface area contributed by atoms with E-state index < -0.39 is 18.6 Å². The molecule has 0 bridgehead atoms. The number of hydrogen-bond acceptors (Lipinski definition) is 5. The molecule has 27 heavy (non-hydrogen) atoms. The Morgan fingerprint density at radius 3 is 2.52 bits per heavy atom. The first-order chi connectivity index (χ1) is 12.9. The van der Waals surface area contributed by atoms with Gasteiger partial charge in [0.15, 0.2) is 6.61 Å². The highest BCUT2D eigenvalue weighted by molar-refractivity contribution is 5.83. The summed E-state index contributed by atoms with van der Waals surface area (Å²) in [5, 5.41) is 13.6. The van der Waals surface area contributed by atoms with Gasteiger partial charge in [0.2, 0.25) is 5.91 Å². The lowest BCUT2D eigenvalue weighted by molar-refractivity contribution is -0.139. The summed E-state index contributed by atoms with van der Waals surface area (Å²) in [5.41, 5.74) is 0.843. The number of aliphatic carboxylic acids is 1. The summed E-state index contributed by atoms with van der Waals surface area (Å²) in [6, 6.07) is 9.74. The van der Waals surface area contributed by atoms with Crippen LogP contribution < -0.4 is 15.4 Å².